The van der Waals surface area contributed by atoms with Crippen LogP contribution in [0.3, 0.4) is 0 Å². The molecule has 1 fully saturated rings. The number of aliphatic carboxylic acids is 1. The van der Waals surface area contributed by atoms with Crippen LogP contribution in [0, 0.1) is 0 Å². The van der Waals surface area contributed by atoms with E-state index >= 15 is 0 Å². The number of rotatable bonds is 9. The summed E-state index contributed by atoms with van der Waals surface area (Å²) in [6.07, 6.45) is 1.73. The van der Waals surface area contributed by atoms with E-state index in [9.17, 15) is 19.5 Å². The second-order valence-corrected chi connectivity index (χ2v) is 7.48. The molecular formula is C20H26N6O5. The molecule has 11 heteroatoms. The molecule has 166 valence electrons. The standard InChI is InChI=1S/C20H26N6O5/c21-13(8-9-16(22)27)17-24-18(31-25-17)14(11-12-5-2-1-3-6-12)23-20(30)26-10-4-7-15(26)19(28)29/h1-3,5-6,13-15H,4,7-11,21H2,(H2,22,27)(H,23,30)(H,28,29)/t13-,14-,15?/m0/s1. The van der Waals surface area contributed by atoms with Gasteiger partial charge in [-0.3, -0.25) is 4.79 Å². The van der Waals surface area contributed by atoms with Gasteiger partial charge in [0.2, 0.25) is 11.8 Å². The van der Waals surface area contributed by atoms with Gasteiger partial charge in [0, 0.05) is 19.4 Å². The first kappa shape index (κ1) is 22.2. The lowest BCUT2D eigenvalue weighted by atomic mass is 10.1. The van der Waals surface area contributed by atoms with Gasteiger partial charge in [-0.1, -0.05) is 35.5 Å². The fourth-order valence-electron chi connectivity index (χ4n) is 3.51. The fraction of sp³-hybridized carbons (Fsp3) is 0.450. The summed E-state index contributed by atoms with van der Waals surface area (Å²) in [5, 5.41) is 16.1. The van der Waals surface area contributed by atoms with Gasteiger partial charge in [0.15, 0.2) is 5.82 Å². The third-order valence-corrected chi connectivity index (χ3v) is 5.17. The number of carbonyl (C=O) groups excluding carboxylic acids is 2. The van der Waals surface area contributed by atoms with Crippen molar-refractivity contribution >= 4 is 17.9 Å². The summed E-state index contributed by atoms with van der Waals surface area (Å²) >= 11 is 0. The minimum absolute atomic E-state index is 0.0841. The number of amides is 3. The number of urea groups is 1. The predicted molar refractivity (Wildman–Crippen MR) is 108 cm³/mol. The monoisotopic (exact) mass is 430 g/mol. The fourth-order valence-corrected chi connectivity index (χ4v) is 3.51. The maximum Gasteiger partial charge on any atom is 0.326 e. The van der Waals surface area contributed by atoms with Gasteiger partial charge in [0.25, 0.3) is 0 Å². The van der Waals surface area contributed by atoms with Gasteiger partial charge in [-0.25, -0.2) is 9.59 Å². The first-order chi connectivity index (χ1) is 14.8. The van der Waals surface area contributed by atoms with Crippen LogP contribution in [0.2, 0.25) is 0 Å². The predicted octanol–water partition coefficient (Wildman–Crippen LogP) is 0.877. The molecule has 0 saturated carbocycles. The molecule has 1 aromatic heterocycles. The molecule has 1 saturated heterocycles. The average Bonchev–Trinajstić information content (AvgIpc) is 3.42. The largest absolute Gasteiger partial charge is 0.480 e. The molecule has 0 aliphatic carbocycles. The van der Waals surface area contributed by atoms with Crippen LogP contribution >= 0.6 is 0 Å². The number of nitrogens with two attached hydrogens (primary N) is 2. The number of nitrogens with one attached hydrogen (secondary N) is 1. The van der Waals surface area contributed by atoms with Crippen LogP contribution in [0.4, 0.5) is 4.79 Å². The molecule has 3 rings (SSSR count). The molecule has 11 nitrogen and oxygen atoms in total. The maximum absolute atomic E-state index is 12.8. The Hall–Kier alpha value is -3.47. The molecule has 1 unspecified atom stereocenters. The molecule has 1 aliphatic rings. The molecule has 1 aliphatic heterocycles. The Morgan fingerprint density at radius 1 is 1.29 bits per heavy atom. The van der Waals surface area contributed by atoms with Crippen LogP contribution < -0.4 is 16.8 Å². The maximum atomic E-state index is 12.8. The Labute approximate surface area is 178 Å². The van der Waals surface area contributed by atoms with E-state index < -0.39 is 36.0 Å². The van der Waals surface area contributed by atoms with Gasteiger partial charge >= 0.3 is 12.0 Å². The summed E-state index contributed by atoms with van der Waals surface area (Å²) in [6, 6.07) is 6.70. The zero-order valence-corrected chi connectivity index (χ0v) is 16.9. The minimum atomic E-state index is -1.03. The summed E-state index contributed by atoms with van der Waals surface area (Å²) in [4.78, 5) is 40.9. The number of carbonyl (C=O) groups is 3. The second-order valence-electron chi connectivity index (χ2n) is 7.48. The van der Waals surface area contributed by atoms with Crippen molar-refractivity contribution in [2.45, 2.75) is 50.2 Å². The third kappa shape index (κ3) is 5.79. The molecule has 0 bridgehead atoms. The van der Waals surface area contributed by atoms with Gasteiger partial charge in [0.1, 0.15) is 12.1 Å². The van der Waals surface area contributed by atoms with E-state index in [4.69, 9.17) is 16.0 Å². The van der Waals surface area contributed by atoms with Crippen LogP contribution in [-0.4, -0.2) is 50.6 Å². The Bertz CT molecular complexity index is 918. The Kier molecular flexibility index (Phi) is 7.19. The SMILES string of the molecule is NC(=O)CC[C@H](N)c1noc([C@H](Cc2ccccc2)NC(=O)N2CCCC2C(=O)O)n1. The molecule has 1 aromatic carbocycles. The molecule has 2 heterocycles. The summed E-state index contributed by atoms with van der Waals surface area (Å²) < 4.78 is 5.36. The first-order valence-electron chi connectivity index (χ1n) is 10.1. The zero-order valence-electron chi connectivity index (χ0n) is 16.9. The second kappa shape index (κ2) is 10.0. The van der Waals surface area contributed by atoms with Gasteiger partial charge in [-0.2, -0.15) is 4.98 Å². The quantitative estimate of drug-likeness (QED) is 0.453. The van der Waals surface area contributed by atoms with Crippen molar-refractivity contribution in [1.29, 1.82) is 0 Å². The van der Waals surface area contributed by atoms with E-state index in [-0.39, 0.29) is 24.6 Å². The van der Waals surface area contributed by atoms with Crippen molar-refractivity contribution in [3.63, 3.8) is 0 Å². The summed E-state index contributed by atoms with van der Waals surface area (Å²) in [6.45, 7) is 0.355. The van der Waals surface area contributed by atoms with E-state index in [0.29, 0.717) is 25.8 Å². The Morgan fingerprint density at radius 3 is 2.71 bits per heavy atom. The van der Waals surface area contributed by atoms with Crippen molar-refractivity contribution in [3.05, 3.63) is 47.6 Å². The number of carboxylic acid groups (broad SMARTS) is 1. The van der Waals surface area contributed by atoms with Gasteiger partial charge in [0.05, 0.1) is 6.04 Å². The van der Waals surface area contributed by atoms with Crippen LogP contribution in [-0.2, 0) is 16.0 Å². The Balaban J connectivity index is 1.78. The highest BCUT2D eigenvalue weighted by Gasteiger charge is 2.35. The van der Waals surface area contributed by atoms with Gasteiger partial charge in [-0.15, -0.1) is 0 Å². The van der Waals surface area contributed by atoms with Crippen molar-refractivity contribution in [3.8, 4) is 0 Å². The molecule has 6 N–H and O–H groups in total. The van der Waals surface area contributed by atoms with E-state index in [1.54, 1.807) is 0 Å². The van der Waals surface area contributed by atoms with Crippen LogP contribution in [0.25, 0.3) is 0 Å². The van der Waals surface area contributed by atoms with Crippen molar-refractivity contribution in [2.24, 2.45) is 11.5 Å². The third-order valence-electron chi connectivity index (χ3n) is 5.17. The lowest BCUT2D eigenvalue weighted by Gasteiger charge is -2.24. The molecule has 0 spiro atoms. The summed E-state index contributed by atoms with van der Waals surface area (Å²) in [7, 11) is 0. The van der Waals surface area contributed by atoms with E-state index in [2.05, 4.69) is 15.5 Å². The highest BCUT2D eigenvalue weighted by molar-refractivity contribution is 5.83. The van der Waals surface area contributed by atoms with Crippen molar-refractivity contribution in [1.82, 2.24) is 20.4 Å². The lowest BCUT2D eigenvalue weighted by molar-refractivity contribution is -0.141. The topological polar surface area (TPSA) is 178 Å². The number of benzene rings is 1. The van der Waals surface area contributed by atoms with Crippen LogP contribution in [0.15, 0.2) is 34.9 Å². The molecule has 3 atom stereocenters. The van der Waals surface area contributed by atoms with Gasteiger partial charge < -0.3 is 31.3 Å². The number of hydrogen-bond acceptors (Lipinski definition) is 7. The van der Waals surface area contributed by atoms with E-state index in [0.717, 1.165) is 5.56 Å². The highest BCUT2D eigenvalue weighted by Crippen LogP contribution is 2.23. The number of carboxylic acids is 1. The number of aromatic nitrogens is 2. The molecular weight excluding hydrogens is 404 g/mol. The summed E-state index contributed by atoms with van der Waals surface area (Å²) in [5.74, 6) is -1.17. The Morgan fingerprint density at radius 2 is 2.03 bits per heavy atom. The van der Waals surface area contributed by atoms with Crippen LogP contribution in [0.1, 0.15) is 55.0 Å². The first-order valence-corrected chi connectivity index (χ1v) is 10.1. The zero-order chi connectivity index (χ0) is 22.4. The smallest absolute Gasteiger partial charge is 0.326 e. The average molecular weight is 430 g/mol. The lowest BCUT2D eigenvalue weighted by Crippen LogP contribution is -2.47. The molecule has 0 radical (unpaired) electrons. The normalized spacial score (nSPS) is 17.8. The van der Waals surface area contributed by atoms with Crippen molar-refractivity contribution in [2.75, 3.05) is 6.54 Å². The number of primary amides is 1. The number of hydrogen-bond donors (Lipinski definition) is 4. The van der Waals surface area contributed by atoms with Crippen LogP contribution in [0.5, 0.6) is 0 Å². The van der Waals surface area contributed by atoms with Crippen molar-refractivity contribution < 1.29 is 24.0 Å². The molecule has 31 heavy (non-hydrogen) atoms. The minimum Gasteiger partial charge on any atom is -0.480 e. The highest BCUT2D eigenvalue weighted by atomic mass is 16.5. The number of likely N-dealkylation sites (tertiary alicyclic amines) is 1. The molecule has 2 aromatic rings. The van der Waals surface area contributed by atoms with Gasteiger partial charge in [-0.05, 0) is 24.8 Å². The van der Waals surface area contributed by atoms with E-state index in [1.165, 1.54) is 4.90 Å². The number of nitrogens with zero attached hydrogens (tertiary/aromatic N) is 3. The summed E-state index contributed by atoms with van der Waals surface area (Å²) in [5.41, 5.74) is 12.1. The van der Waals surface area contributed by atoms with E-state index in [1.807, 2.05) is 30.3 Å². The molecule has 3 amide bonds.